The Bertz CT molecular complexity index is 2690. The Hall–Kier alpha value is -6.47. The third kappa shape index (κ3) is 13.7. The van der Waals surface area contributed by atoms with Gasteiger partial charge in [0, 0.05) is 71.0 Å². The van der Waals surface area contributed by atoms with Crippen LogP contribution in [-0.2, 0) is 35.2 Å². The average Bonchev–Trinajstić information content (AvgIpc) is 4.05. The number of fused-ring (bicyclic) bond motifs is 3. The van der Waals surface area contributed by atoms with Crippen molar-refractivity contribution >= 4 is 75.4 Å². The predicted molar refractivity (Wildman–Crippen MR) is 280 cm³/mol. The lowest BCUT2D eigenvalue weighted by molar-refractivity contribution is -0.129. The van der Waals surface area contributed by atoms with Crippen molar-refractivity contribution in [2.24, 2.45) is 0 Å². The number of anilines is 1. The van der Waals surface area contributed by atoms with Crippen LogP contribution in [0.25, 0.3) is 21.7 Å². The number of aromatic nitrogens is 2. The molecule has 0 bridgehead atoms. The largest absolute Gasteiger partial charge is 0.382 e. The molecule has 2 saturated heterocycles. The Morgan fingerprint density at radius 2 is 1.51 bits per heavy atom. The molecule has 3 aliphatic rings. The molecule has 384 valence electrons. The van der Waals surface area contributed by atoms with E-state index in [0.717, 1.165) is 79.6 Å². The van der Waals surface area contributed by atoms with Gasteiger partial charge in [-0.15, -0.1) is 0 Å². The molecular weight excluding hydrogens is 937 g/mol. The van der Waals surface area contributed by atoms with E-state index in [1.54, 1.807) is 22.8 Å². The summed E-state index contributed by atoms with van der Waals surface area (Å²) in [5.41, 5.74) is 2.66. The third-order valence-electron chi connectivity index (χ3n) is 12.8. The number of rotatable bonds is 22. The summed E-state index contributed by atoms with van der Waals surface area (Å²) in [6, 6.07) is 25.9. The van der Waals surface area contributed by atoms with E-state index in [1.165, 1.54) is 18.8 Å². The van der Waals surface area contributed by atoms with Gasteiger partial charge in [-0.1, -0.05) is 86.3 Å². The second kappa shape index (κ2) is 28.0. The quantitative estimate of drug-likeness (QED) is 0.0180. The minimum absolute atomic E-state index is 0.0637. The van der Waals surface area contributed by atoms with Crippen molar-refractivity contribution in [1.82, 2.24) is 34.9 Å². The van der Waals surface area contributed by atoms with Gasteiger partial charge in [-0.3, -0.25) is 38.2 Å². The first kappa shape index (κ1) is 54.9. The monoisotopic (exact) mass is 1000 g/mol. The van der Waals surface area contributed by atoms with Crippen LogP contribution in [0.5, 0.6) is 0 Å². The van der Waals surface area contributed by atoms with E-state index in [-0.39, 0.29) is 41.5 Å². The minimum Gasteiger partial charge on any atom is -0.382 e. The number of thioether (sulfide) groups is 1. The minimum atomic E-state index is -1.04. The SMILES string of the molecule is CC.CCn1c(SC(C(=O)N2CCCC2)c2ccccc2)nc2cc3ccccc3cc2c1=O.CNC(=O)C(CCC=O)N1C(=O)c2cccc(NC3CCN(CCOCCOCCNC=O)CC3)c2C1=O. The molecular formula is C54H68N8O9S. The van der Waals surface area contributed by atoms with E-state index >= 15 is 0 Å². The lowest BCUT2D eigenvalue weighted by Gasteiger charge is -2.33. The molecule has 2 atom stereocenters. The van der Waals surface area contributed by atoms with Crippen LogP contribution >= 0.6 is 11.8 Å². The van der Waals surface area contributed by atoms with Gasteiger partial charge in [0.2, 0.25) is 18.2 Å². The molecule has 2 fully saturated rings. The second-order valence-corrected chi connectivity index (χ2v) is 18.3. The molecule has 0 saturated carbocycles. The lowest BCUT2D eigenvalue weighted by Crippen LogP contribution is -2.48. The molecule has 3 aliphatic heterocycles. The molecule has 0 spiro atoms. The maximum absolute atomic E-state index is 13.5. The van der Waals surface area contributed by atoms with Crippen molar-refractivity contribution in [3.05, 3.63) is 112 Å². The zero-order valence-electron chi connectivity index (χ0n) is 41.8. The van der Waals surface area contributed by atoms with Gasteiger partial charge in [0.15, 0.2) is 5.16 Å². The van der Waals surface area contributed by atoms with Crippen molar-refractivity contribution < 1.29 is 38.2 Å². The molecule has 5 aromatic rings. The van der Waals surface area contributed by atoms with Crippen LogP contribution in [0.4, 0.5) is 5.69 Å². The Morgan fingerprint density at radius 1 is 0.833 bits per heavy atom. The van der Waals surface area contributed by atoms with Gasteiger partial charge < -0.3 is 40.0 Å². The van der Waals surface area contributed by atoms with Crippen LogP contribution in [0.3, 0.4) is 0 Å². The average molecular weight is 1010 g/mol. The van der Waals surface area contributed by atoms with Gasteiger partial charge >= 0.3 is 0 Å². The van der Waals surface area contributed by atoms with Crippen LogP contribution in [0.15, 0.2) is 94.9 Å². The zero-order chi connectivity index (χ0) is 51.4. The Morgan fingerprint density at radius 3 is 2.18 bits per heavy atom. The molecule has 17 nitrogen and oxygen atoms in total. The summed E-state index contributed by atoms with van der Waals surface area (Å²) >= 11 is 1.38. The van der Waals surface area contributed by atoms with E-state index in [4.69, 9.17) is 14.5 Å². The fraction of sp³-hybridized carbons (Fsp3) is 0.444. The number of carbonyl (C=O) groups is 6. The summed E-state index contributed by atoms with van der Waals surface area (Å²) in [6.07, 6.45) is 5.26. The number of likely N-dealkylation sites (tertiary alicyclic amines) is 2. The standard InChI is InChI=1S/C26H37N5O7.C26H25N3O2S.C2H6/c1-27-24(34)22(6-3-13-32)31-25(35)20-4-2-5-21(23(20)26(31)36)29-19-7-10-30(11-8-19)12-15-38-17-16-37-14-9-28-18-33;1-2-29-24(30)21-16-19-12-6-7-13-20(19)17-22(21)27-26(29)32-23(18-10-4-3-5-11-18)25(31)28-14-8-9-15-28;1-2/h2,4-5,13,18-19,22,29H,3,6-12,14-17H2,1H3,(H,27,34)(H,28,33);3-7,10-13,16-17,23H,2,8-9,14-15H2,1H3;1-2H3. The third-order valence-corrected chi connectivity index (χ3v) is 14.0. The van der Waals surface area contributed by atoms with Crippen molar-refractivity contribution in [3.8, 4) is 0 Å². The van der Waals surface area contributed by atoms with Crippen LogP contribution in [0.2, 0.25) is 0 Å². The van der Waals surface area contributed by atoms with E-state index in [0.29, 0.717) is 74.0 Å². The number of hydrogen-bond donors (Lipinski definition) is 3. The molecule has 0 aliphatic carbocycles. The summed E-state index contributed by atoms with van der Waals surface area (Å²) < 4.78 is 12.7. The highest BCUT2D eigenvalue weighted by Crippen LogP contribution is 2.37. The molecule has 4 heterocycles. The first-order chi connectivity index (χ1) is 35.2. The number of imide groups is 1. The van der Waals surface area contributed by atoms with Crippen LogP contribution < -0.4 is 21.5 Å². The van der Waals surface area contributed by atoms with E-state index in [2.05, 4.69) is 20.9 Å². The number of hydrogen-bond acceptors (Lipinski definition) is 13. The summed E-state index contributed by atoms with van der Waals surface area (Å²) in [4.78, 5) is 96.9. The predicted octanol–water partition coefficient (Wildman–Crippen LogP) is 6.08. The molecule has 2 unspecified atom stereocenters. The highest BCUT2D eigenvalue weighted by Gasteiger charge is 2.44. The molecule has 8 rings (SSSR count). The van der Waals surface area contributed by atoms with E-state index < -0.39 is 29.0 Å². The van der Waals surface area contributed by atoms with Crippen molar-refractivity contribution in [2.75, 3.05) is 78.1 Å². The lowest BCUT2D eigenvalue weighted by atomic mass is 10.0. The molecule has 3 N–H and O–H groups in total. The van der Waals surface area contributed by atoms with Gasteiger partial charge in [0.1, 0.15) is 17.6 Å². The summed E-state index contributed by atoms with van der Waals surface area (Å²) in [7, 11) is 1.44. The van der Waals surface area contributed by atoms with E-state index in [1.807, 2.05) is 92.4 Å². The molecule has 4 aromatic carbocycles. The number of nitrogens with zero attached hydrogens (tertiary/aromatic N) is 5. The smallest absolute Gasteiger partial charge is 0.264 e. The molecule has 72 heavy (non-hydrogen) atoms. The summed E-state index contributed by atoms with van der Waals surface area (Å²) in [6.45, 7) is 13.1. The second-order valence-electron chi connectivity index (χ2n) is 17.2. The number of amides is 5. The van der Waals surface area contributed by atoms with Gasteiger partial charge in [0.05, 0.1) is 48.5 Å². The number of ether oxygens (including phenoxy) is 2. The number of aldehydes is 1. The van der Waals surface area contributed by atoms with Gasteiger partial charge in [-0.05, 0) is 79.6 Å². The van der Waals surface area contributed by atoms with Gasteiger partial charge in [-0.25, -0.2) is 4.98 Å². The van der Waals surface area contributed by atoms with Crippen molar-refractivity contribution in [3.63, 3.8) is 0 Å². The fourth-order valence-electron chi connectivity index (χ4n) is 9.06. The van der Waals surface area contributed by atoms with E-state index in [9.17, 15) is 33.6 Å². The molecule has 0 radical (unpaired) electrons. The highest BCUT2D eigenvalue weighted by molar-refractivity contribution is 8.00. The van der Waals surface area contributed by atoms with Gasteiger partial charge in [-0.2, -0.15) is 0 Å². The van der Waals surface area contributed by atoms with Gasteiger partial charge in [0.25, 0.3) is 17.4 Å². The first-order valence-electron chi connectivity index (χ1n) is 25.1. The fourth-order valence-corrected chi connectivity index (χ4v) is 10.3. The van der Waals surface area contributed by atoms with Crippen LogP contribution in [-0.4, -0.2) is 145 Å². The van der Waals surface area contributed by atoms with Crippen LogP contribution in [0.1, 0.15) is 90.8 Å². The Kier molecular flexibility index (Phi) is 21.3. The Labute approximate surface area is 425 Å². The summed E-state index contributed by atoms with van der Waals surface area (Å²) in [5.74, 6) is -1.43. The molecule has 18 heteroatoms. The highest BCUT2D eigenvalue weighted by atomic mass is 32.2. The zero-order valence-corrected chi connectivity index (χ0v) is 42.6. The maximum Gasteiger partial charge on any atom is 0.264 e. The van der Waals surface area contributed by atoms with Crippen LogP contribution in [0, 0.1) is 0 Å². The van der Waals surface area contributed by atoms with Crippen molar-refractivity contribution in [2.45, 2.75) is 88.3 Å². The number of piperidine rings is 1. The number of nitrogens with one attached hydrogen (secondary N) is 3. The number of carbonyl (C=O) groups excluding carboxylic acids is 6. The number of benzene rings is 4. The summed E-state index contributed by atoms with van der Waals surface area (Å²) in [5, 5.41) is 11.3. The molecule has 5 amide bonds. The number of likely N-dealkylation sites (N-methyl/N-ethyl adjacent to an activating group) is 1. The van der Waals surface area contributed by atoms with Crippen molar-refractivity contribution in [1.29, 1.82) is 0 Å². The Balaban J connectivity index is 0.000000230. The normalized spacial score (nSPS) is 15.5. The first-order valence-corrected chi connectivity index (χ1v) is 26.0. The maximum atomic E-state index is 13.5. The topological polar surface area (TPSA) is 202 Å². The molecule has 1 aromatic heterocycles.